The van der Waals surface area contributed by atoms with Crippen LogP contribution in [0.4, 0.5) is 0 Å². The van der Waals surface area contributed by atoms with Gasteiger partial charge in [-0.2, -0.15) is 0 Å². The maximum Gasteiger partial charge on any atom is 0.252 e. The monoisotopic (exact) mass is 369 g/mol. The predicted octanol–water partition coefficient (Wildman–Crippen LogP) is 3.56. The van der Waals surface area contributed by atoms with Gasteiger partial charge < -0.3 is 15.0 Å². The summed E-state index contributed by atoms with van der Waals surface area (Å²) in [6.45, 7) is 1.83. The lowest BCUT2D eigenvalue weighted by atomic mass is 9.96. The summed E-state index contributed by atoms with van der Waals surface area (Å²) in [7, 11) is 2.12. The Hall–Kier alpha value is -2.22. The van der Waals surface area contributed by atoms with Gasteiger partial charge in [0.2, 0.25) is 0 Å². The summed E-state index contributed by atoms with van der Waals surface area (Å²) in [6.07, 6.45) is 0.914. The molecule has 0 aliphatic carbocycles. The van der Waals surface area contributed by atoms with Crippen LogP contribution in [0.15, 0.2) is 28.4 Å². The van der Waals surface area contributed by atoms with Gasteiger partial charge in [-0.15, -0.1) is 22.7 Å². The van der Waals surface area contributed by atoms with Crippen LogP contribution in [0.1, 0.15) is 11.3 Å². The molecule has 0 aromatic carbocycles. The summed E-state index contributed by atoms with van der Waals surface area (Å²) in [6, 6.07) is 5.38. The van der Waals surface area contributed by atoms with Crippen molar-refractivity contribution in [3.63, 3.8) is 0 Å². The van der Waals surface area contributed by atoms with Crippen LogP contribution in [-0.4, -0.2) is 33.6 Å². The molecule has 0 spiro atoms. The minimum absolute atomic E-state index is 0.0222. The average molecular weight is 369 g/mol. The highest BCUT2D eigenvalue weighted by molar-refractivity contribution is 7.26. The average Bonchev–Trinajstić information content (AvgIpc) is 3.21. The maximum atomic E-state index is 11.9. The third kappa shape index (κ3) is 2.23. The van der Waals surface area contributed by atoms with E-state index < -0.39 is 0 Å². The molecule has 0 bridgehead atoms. The number of thiophene rings is 2. The van der Waals surface area contributed by atoms with Crippen LogP contribution < -0.4 is 5.56 Å². The summed E-state index contributed by atoms with van der Waals surface area (Å²) in [5.41, 5.74) is 3.90. The van der Waals surface area contributed by atoms with Crippen molar-refractivity contribution in [2.24, 2.45) is 0 Å². The topological polar surface area (TPSA) is 69.2 Å². The molecule has 0 saturated heterocycles. The number of pyridine rings is 2. The highest BCUT2D eigenvalue weighted by atomic mass is 32.1. The zero-order valence-corrected chi connectivity index (χ0v) is 15.1. The number of likely N-dealkylation sites (N-methyl/N-ethyl adjacent to an activating group) is 1. The van der Waals surface area contributed by atoms with Crippen LogP contribution in [0.3, 0.4) is 0 Å². The molecule has 4 aromatic heterocycles. The maximum absolute atomic E-state index is 11.9. The van der Waals surface area contributed by atoms with Gasteiger partial charge in [-0.05, 0) is 24.1 Å². The lowest BCUT2D eigenvalue weighted by Gasteiger charge is -2.26. The van der Waals surface area contributed by atoms with Crippen LogP contribution in [-0.2, 0) is 13.0 Å². The van der Waals surface area contributed by atoms with Crippen molar-refractivity contribution in [2.45, 2.75) is 13.0 Å². The van der Waals surface area contributed by atoms with Crippen LogP contribution >= 0.6 is 22.7 Å². The molecule has 0 atom stereocenters. The van der Waals surface area contributed by atoms with Crippen molar-refractivity contribution in [3.05, 3.63) is 45.2 Å². The minimum atomic E-state index is -0.295. The molecule has 126 valence electrons. The number of fused-ring (bicyclic) bond motifs is 4. The molecule has 25 heavy (non-hydrogen) atoms. The van der Waals surface area contributed by atoms with E-state index in [1.165, 1.54) is 27.8 Å². The second-order valence-electron chi connectivity index (χ2n) is 6.38. The lowest BCUT2D eigenvalue weighted by molar-refractivity contribution is 0.311. The Labute approximate surface area is 151 Å². The standard InChI is InChI=1S/C18H15N3O2S2/c1-21-5-4-10-9(8-21)14(12-3-2-6-24-12)15-16-17(25-18(15)19-10)11(22)7-13(23)20-16/h2-3,6-7H,4-5,8H2,1H3,(H2,20,22,23). The molecule has 2 N–H and O–H groups in total. The van der Waals surface area contributed by atoms with Crippen molar-refractivity contribution in [3.8, 4) is 16.2 Å². The van der Waals surface area contributed by atoms with Crippen molar-refractivity contribution in [1.82, 2.24) is 14.9 Å². The Kier molecular flexibility index (Phi) is 3.25. The highest BCUT2D eigenvalue weighted by Gasteiger charge is 2.25. The Balaban J connectivity index is 2.00. The zero-order valence-electron chi connectivity index (χ0n) is 13.5. The Morgan fingerprint density at radius 1 is 1.40 bits per heavy atom. The fourth-order valence-corrected chi connectivity index (χ4v) is 5.46. The van der Waals surface area contributed by atoms with E-state index >= 15 is 0 Å². The number of nitrogens with zero attached hydrogens (tertiary/aromatic N) is 2. The van der Waals surface area contributed by atoms with Crippen LogP contribution in [0, 0.1) is 0 Å². The van der Waals surface area contributed by atoms with Gasteiger partial charge in [-0.1, -0.05) is 6.07 Å². The van der Waals surface area contributed by atoms with Gasteiger partial charge in [0, 0.05) is 47.1 Å². The highest BCUT2D eigenvalue weighted by Crippen LogP contribution is 2.45. The third-order valence-corrected chi connectivity index (χ3v) is 6.69. The molecule has 0 unspecified atom stereocenters. The summed E-state index contributed by atoms with van der Waals surface area (Å²) < 4.78 is 0.690. The minimum Gasteiger partial charge on any atom is -0.506 e. The van der Waals surface area contributed by atoms with E-state index in [-0.39, 0.29) is 11.3 Å². The van der Waals surface area contributed by atoms with Crippen LogP contribution in [0.5, 0.6) is 5.75 Å². The molecule has 1 aliphatic heterocycles. The van der Waals surface area contributed by atoms with Gasteiger partial charge in [0.15, 0.2) is 0 Å². The largest absolute Gasteiger partial charge is 0.506 e. The summed E-state index contributed by atoms with van der Waals surface area (Å²) in [4.78, 5) is 24.1. The van der Waals surface area contributed by atoms with E-state index in [0.29, 0.717) is 10.2 Å². The zero-order chi connectivity index (χ0) is 17.1. The number of hydrogen-bond acceptors (Lipinski definition) is 6. The van der Waals surface area contributed by atoms with E-state index in [9.17, 15) is 9.90 Å². The number of aromatic hydroxyl groups is 1. The van der Waals surface area contributed by atoms with E-state index in [2.05, 4.69) is 28.4 Å². The molecule has 1 aliphatic rings. The lowest BCUT2D eigenvalue weighted by Crippen LogP contribution is -2.27. The molecule has 7 heteroatoms. The Morgan fingerprint density at radius 2 is 2.28 bits per heavy atom. The van der Waals surface area contributed by atoms with Crippen molar-refractivity contribution >= 4 is 43.1 Å². The number of aromatic amines is 1. The number of hydrogen-bond donors (Lipinski definition) is 2. The van der Waals surface area contributed by atoms with Gasteiger partial charge in [0.05, 0.1) is 10.2 Å². The van der Waals surface area contributed by atoms with Gasteiger partial charge in [-0.25, -0.2) is 4.98 Å². The molecule has 0 radical (unpaired) electrons. The molecule has 0 saturated carbocycles. The van der Waals surface area contributed by atoms with E-state index in [4.69, 9.17) is 4.98 Å². The molecule has 4 aromatic rings. The van der Waals surface area contributed by atoms with Gasteiger partial charge >= 0.3 is 0 Å². The Morgan fingerprint density at radius 3 is 3.08 bits per heavy atom. The summed E-state index contributed by atoms with van der Waals surface area (Å²) >= 11 is 3.13. The first-order chi connectivity index (χ1) is 12.1. The molecule has 5 rings (SSSR count). The molecule has 0 amide bonds. The van der Waals surface area contributed by atoms with E-state index in [0.717, 1.165) is 41.0 Å². The fraction of sp³-hybridized carbons (Fsp3) is 0.222. The first-order valence-corrected chi connectivity index (χ1v) is 9.74. The molecule has 5 nitrogen and oxygen atoms in total. The van der Waals surface area contributed by atoms with Crippen molar-refractivity contribution < 1.29 is 5.11 Å². The summed E-state index contributed by atoms with van der Waals surface area (Å²) in [5, 5.41) is 13.3. The molecule has 0 fully saturated rings. The first-order valence-electron chi connectivity index (χ1n) is 8.04. The van der Waals surface area contributed by atoms with Crippen LogP contribution in [0.25, 0.3) is 30.9 Å². The van der Waals surface area contributed by atoms with Gasteiger partial charge in [0.25, 0.3) is 5.56 Å². The Bertz CT molecular complexity index is 1170. The number of rotatable bonds is 1. The summed E-state index contributed by atoms with van der Waals surface area (Å²) in [5.74, 6) is 0.0222. The third-order valence-electron chi connectivity index (χ3n) is 4.70. The fourth-order valence-electron chi connectivity index (χ4n) is 3.58. The normalized spacial score (nSPS) is 15.1. The quantitative estimate of drug-likeness (QED) is 0.538. The van der Waals surface area contributed by atoms with Crippen molar-refractivity contribution in [2.75, 3.05) is 13.6 Å². The van der Waals surface area contributed by atoms with E-state index in [1.54, 1.807) is 11.3 Å². The second kappa shape index (κ2) is 5.39. The van der Waals surface area contributed by atoms with Crippen molar-refractivity contribution in [1.29, 1.82) is 0 Å². The molecular weight excluding hydrogens is 354 g/mol. The second-order valence-corrected chi connectivity index (χ2v) is 8.33. The first kappa shape index (κ1) is 15.1. The van der Waals surface area contributed by atoms with E-state index in [1.807, 2.05) is 6.07 Å². The predicted molar refractivity (Wildman–Crippen MR) is 103 cm³/mol. The molecular formula is C18H15N3O2S2. The SMILES string of the molecule is CN1CCc2nc3sc4c(O)cc(=O)[nH]c4c3c(-c3cccs3)c2C1. The smallest absolute Gasteiger partial charge is 0.252 e. The van der Waals surface area contributed by atoms with Gasteiger partial charge in [0.1, 0.15) is 10.6 Å². The number of nitrogens with one attached hydrogen (secondary N) is 1. The van der Waals surface area contributed by atoms with Gasteiger partial charge in [-0.3, -0.25) is 4.79 Å². The molecule has 5 heterocycles. The number of aromatic nitrogens is 2. The number of H-pyrrole nitrogens is 1. The van der Waals surface area contributed by atoms with Crippen LogP contribution in [0.2, 0.25) is 0 Å².